The lowest BCUT2D eigenvalue weighted by Crippen LogP contribution is -2.53. The van der Waals surface area contributed by atoms with Gasteiger partial charge in [0.2, 0.25) is 18.1 Å². The Balaban J connectivity index is 1.51. The number of aliphatic hydroxyl groups excluding tert-OH is 2. The molecule has 49 heavy (non-hydrogen) atoms. The first kappa shape index (κ1) is 38.8. The van der Waals surface area contributed by atoms with E-state index in [1.807, 2.05) is 0 Å². The number of hydrogen-bond donors (Lipinski definition) is 6. The molecule has 2 aliphatic rings. The summed E-state index contributed by atoms with van der Waals surface area (Å²) in [6.45, 7) is -0.255. The second-order valence-electron chi connectivity index (χ2n) is 10.5. The average Bonchev–Trinajstić information content (AvgIpc) is 3.32. The van der Waals surface area contributed by atoms with Crippen molar-refractivity contribution in [3.05, 3.63) is 35.9 Å². The second-order valence-corrected chi connectivity index (χ2v) is 12.0. The highest BCUT2D eigenvalue weighted by molar-refractivity contribution is 7.85. The summed E-state index contributed by atoms with van der Waals surface area (Å²) in [6.07, 6.45) is -4.42. The number of carboxylic acids is 1. The summed E-state index contributed by atoms with van der Waals surface area (Å²) >= 11 is 0. The third-order valence-corrected chi connectivity index (χ3v) is 7.44. The average molecular weight is 718 g/mol. The standard InChI is InChI=1S/C28H35N3O17S/c1-15(32)46-13-16-2-3-17(47-28-25(37)19(33)11-21(48-28)27(39)40)10-20(16)45-9-8-44-7-6-29-26(38)18(14-49(41,42)43)30-22(34)12-31-23(35)4-5-24(31)36/h2-5,10,18-19,21,25,28,33,37H,6-9,11-14H2,1H3,(H,29,38)(H,30,34)(H,39,40)(H,41,42,43)/t18-,19-,21-,25+,28+/m0/s1. The third-order valence-electron chi connectivity index (χ3n) is 6.69. The van der Waals surface area contributed by atoms with Gasteiger partial charge in [0.15, 0.2) is 6.10 Å². The Morgan fingerprint density at radius 1 is 1.08 bits per heavy atom. The van der Waals surface area contributed by atoms with Crippen molar-refractivity contribution in [1.29, 1.82) is 0 Å². The first-order chi connectivity index (χ1) is 23.0. The molecule has 270 valence electrons. The van der Waals surface area contributed by atoms with Crippen LogP contribution < -0.4 is 20.1 Å². The Labute approximate surface area is 278 Å². The molecule has 6 N–H and O–H groups in total. The second kappa shape index (κ2) is 17.6. The summed E-state index contributed by atoms with van der Waals surface area (Å²) < 4.78 is 58.9. The fraction of sp³-hybridized carbons (Fsp3) is 0.500. The molecule has 1 fully saturated rings. The maximum atomic E-state index is 12.6. The van der Waals surface area contributed by atoms with Crippen LogP contribution in [0.3, 0.4) is 0 Å². The first-order valence-electron chi connectivity index (χ1n) is 14.5. The topological polar surface area (TPSA) is 291 Å². The van der Waals surface area contributed by atoms with Gasteiger partial charge in [-0.2, -0.15) is 8.42 Å². The highest BCUT2D eigenvalue weighted by Gasteiger charge is 2.41. The maximum Gasteiger partial charge on any atom is 0.333 e. The molecule has 2 aliphatic heterocycles. The Kier molecular flexibility index (Phi) is 14.0. The number of aliphatic carboxylic acids is 1. The third kappa shape index (κ3) is 12.4. The predicted octanol–water partition coefficient (Wildman–Crippen LogP) is -3.14. The lowest BCUT2D eigenvalue weighted by molar-refractivity contribution is -0.238. The van der Waals surface area contributed by atoms with E-state index in [1.165, 1.54) is 25.1 Å². The van der Waals surface area contributed by atoms with Crippen LogP contribution in [0.5, 0.6) is 11.5 Å². The molecule has 1 aromatic rings. The van der Waals surface area contributed by atoms with Crippen molar-refractivity contribution in [3.63, 3.8) is 0 Å². The van der Waals surface area contributed by atoms with Crippen LogP contribution in [0.15, 0.2) is 30.4 Å². The molecule has 0 unspecified atom stereocenters. The molecule has 0 spiro atoms. The van der Waals surface area contributed by atoms with Gasteiger partial charge in [0.1, 0.15) is 49.2 Å². The van der Waals surface area contributed by atoms with Gasteiger partial charge in [-0.15, -0.1) is 0 Å². The van der Waals surface area contributed by atoms with Crippen LogP contribution in [0.4, 0.5) is 0 Å². The number of benzene rings is 1. The number of aliphatic hydroxyl groups is 2. The molecule has 1 aromatic carbocycles. The number of ether oxygens (including phenoxy) is 5. The zero-order chi connectivity index (χ0) is 36.3. The fourth-order valence-electron chi connectivity index (χ4n) is 4.32. The van der Waals surface area contributed by atoms with Crippen molar-refractivity contribution in [1.82, 2.24) is 15.5 Å². The largest absolute Gasteiger partial charge is 0.491 e. The number of nitrogens with one attached hydrogen (secondary N) is 2. The molecule has 20 nitrogen and oxygen atoms in total. The highest BCUT2D eigenvalue weighted by atomic mass is 32.2. The number of amides is 4. The Morgan fingerprint density at radius 3 is 2.41 bits per heavy atom. The number of imide groups is 1. The monoisotopic (exact) mass is 717 g/mol. The van der Waals surface area contributed by atoms with E-state index < -0.39 is 88.6 Å². The quantitative estimate of drug-likeness (QED) is 0.0378. The van der Waals surface area contributed by atoms with Crippen molar-refractivity contribution >= 4 is 45.7 Å². The normalized spacial score (nSPS) is 21.2. The van der Waals surface area contributed by atoms with Gasteiger partial charge in [0, 0.05) is 43.7 Å². The summed E-state index contributed by atoms with van der Waals surface area (Å²) in [5, 5.41) is 33.9. The van der Waals surface area contributed by atoms with Crippen LogP contribution >= 0.6 is 0 Å². The fourth-order valence-corrected chi connectivity index (χ4v) is 4.97. The van der Waals surface area contributed by atoms with Gasteiger partial charge in [-0.1, -0.05) is 0 Å². The van der Waals surface area contributed by atoms with E-state index >= 15 is 0 Å². The maximum absolute atomic E-state index is 12.6. The van der Waals surface area contributed by atoms with Crippen LogP contribution in [0.25, 0.3) is 0 Å². The van der Waals surface area contributed by atoms with E-state index in [2.05, 4.69) is 10.6 Å². The first-order valence-corrected chi connectivity index (χ1v) is 16.1. The molecule has 4 amide bonds. The SMILES string of the molecule is CC(=O)OCc1ccc(O[C@@H]2O[C@H](C(=O)O)C[C@H](O)[C@H]2O)cc1OCCOCCNC(=O)[C@H](CS(=O)(=O)O)NC(=O)CN1C(=O)C=CC1=O. The van der Waals surface area contributed by atoms with Gasteiger partial charge in [-0.3, -0.25) is 33.4 Å². The van der Waals surface area contributed by atoms with Gasteiger partial charge in [-0.25, -0.2) is 4.79 Å². The van der Waals surface area contributed by atoms with Crippen LogP contribution in [-0.2, 0) is 59.7 Å². The summed E-state index contributed by atoms with van der Waals surface area (Å²) in [7, 11) is -4.74. The van der Waals surface area contributed by atoms with Crippen molar-refractivity contribution < 1.29 is 80.7 Å². The smallest absolute Gasteiger partial charge is 0.333 e. The number of esters is 1. The lowest BCUT2D eigenvalue weighted by atomic mass is 10.0. The number of nitrogens with zero attached hydrogens (tertiary/aromatic N) is 1. The van der Waals surface area contributed by atoms with Gasteiger partial charge in [0.25, 0.3) is 21.9 Å². The zero-order valence-corrected chi connectivity index (χ0v) is 26.7. The van der Waals surface area contributed by atoms with Crippen molar-refractivity contribution in [3.8, 4) is 11.5 Å². The minimum absolute atomic E-state index is 0.0503. The van der Waals surface area contributed by atoms with Gasteiger partial charge in [0.05, 0.1) is 19.3 Å². The molecule has 0 aromatic heterocycles. The minimum Gasteiger partial charge on any atom is -0.491 e. The Hall–Kier alpha value is -4.67. The molecule has 21 heteroatoms. The molecule has 0 aliphatic carbocycles. The van der Waals surface area contributed by atoms with E-state index in [-0.39, 0.29) is 50.9 Å². The van der Waals surface area contributed by atoms with Crippen LogP contribution in [-0.4, -0.2) is 138 Å². The molecule has 0 saturated carbocycles. The van der Waals surface area contributed by atoms with Gasteiger partial charge < -0.3 is 49.6 Å². The predicted molar refractivity (Wildman–Crippen MR) is 159 cm³/mol. The summed E-state index contributed by atoms with van der Waals surface area (Å²) in [5.41, 5.74) is 0.394. The van der Waals surface area contributed by atoms with Crippen LogP contribution in [0, 0.1) is 0 Å². The number of rotatable bonds is 18. The van der Waals surface area contributed by atoms with Crippen molar-refractivity contribution in [2.75, 3.05) is 38.7 Å². The Morgan fingerprint density at radius 2 is 1.78 bits per heavy atom. The van der Waals surface area contributed by atoms with E-state index in [1.54, 1.807) is 0 Å². The molecular weight excluding hydrogens is 682 g/mol. The molecule has 0 radical (unpaired) electrons. The van der Waals surface area contributed by atoms with Crippen LogP contribution in [0.1, 0.15) is 18.9 Å². The van der Waals surface area contributed by atoms with Gasteiger partial charge in [-0.05, 0) is 12.1 Å². The molecule has 0 bridgehead atoms. The molecule has 5 atom stereocenters. The zero-order valence-electron chi connectivity index (χ0n) is 25.9. The van der Waals surface area contributed by atoms with E-state index in [0.29, 0.717) is 10.5 Å². The van der Waals surface area contributed by atoms with E-state index in [9.17, 15) is 57.1 Å². The van der Waals surface area contributed by atoms with Gasteiger partial charge >= 0.3 is 11.9 Å². The summed E-state index contributed by atoms with van der Waals surface area (Å²) in [5.74, 6) is -6.51. The summed E-state index contributed by atoms with van der Waals surface area (Å²) in [4.78, 5) is 71.3. The number of carbonyl (C=O) groups is 6. The number of carboxylic acid groups (broad SMARTS) is 1. The van der Waals surface area contributed by atoms with Crippen LogP contribution in [0.2, 0.25) is 0 Å². The molecular formula is C28H35N3O17S. The lowest BCUT2D eigenvalue weighted by Gasteiger charge is -2.35. The highest BCUT2D eigenvalue weighted by Crippen LogP contribution is 2.29. The van der Waals surface area contributed by atoms with E-state index in [0.717, 1.165) is 12.2 Å². The van der Waals surface area contributed by atoms with Crippen molar-refractivity contribution in [2.45, 2.75) is 50.6 Å². The minimum atomic E-state index is -4.74. The molecule has 1 saturated heterocycles. The van der Waals surface area contributed by atoms with Crippen molar-refractivity contribution in [2.24, 2.45) is 0 Å². The Bertz CT molecular complexity index is 1530. The number of carbonyl (C=O) groups excluding carboxylic acids is 5. The number of hydrogen-bond acceptors (Lipinski definition) is 15. The molecule has 2 heterocycles. The van der Waals surface area contributed by atoms with E-state index in [4.69, 9.17) is 23.7 Å². The summed E-state index contributed by atoms with van der Waals surface area (Å²) in [6, 6.07) is 2.47. The molecule has 3 rings (SSSR count).